The summed E-state index contributed by atoms with van der Waals surface area (Å²) in [6.45, 7) is 1.86. The number of benzene rings is 1. The van der Waals surface area contributed by atoms with E-state index in [1.807, 2.05) is 18.2 Å². The van der Waals surface area contributed by atoms with Gasteiger partial charge in [-0.25, -0.2) is 0 Å². The van der Waals surface area contributed by atoms with Crippen molar-refractivity contribution in [2.24, 2.45) is 0 Å². The predicted molar refractivity (Wildman–Crippen MR) is 80.5 cm³/mol. The van der Waals surface area contributed by atoms with Crippen molar-refractivity contribution in [3.8, 4) is 0 Å². The summed E-state index contributed by atoms with van der Waals surface area (Å²) in [7, 11) is 2.11. The normalized spacial score (nSPS) is 19.4. The summed E-state index contributed by atoms with van der Waals surface area (Å²) < 4.78 is 0. The standard InChI is InChI=1S/C15H16N2O2S/c1-16-8-7-12-9-14(17(18)19)20-15(12)13(10-16)11-5-3-2-4-6-11/h2-6,9,13H,7-8,10H2,1H3. The van der Waals surface area contributed by atoms with Crippen LogP contribution < -0.4 is 0 Å². The first-order valence-corrected chi connectivity index (χ1v) is 7.47. The summed E-state index contributed by atoms with van der Waals surface area (Å²) in [6, 6.07) is 12.0. The molecule has 0 saturated heterocycles. The second-order valence-corrected chi connectivity index (χ2v) is 6.27. The van der Waals surface area contributed by atoms with Gasteiger partial charge in [-0.3, -0.25) is 10.1 Å². The van der Waals surface area contributed by atoms with Crippen molar-refractivity contribution < 1.29 is 4.92 Å². The molecule has 0 saturated carbocycles. The van der Waals surface area contributed by atoms with E-state index in [2.05, 4.69) is 24.1 Å². The van der Waals surface area contributed by atoms with Crippen LogP contribution in [-0.4, -0.2) is 30.0 Å². The molecule has 104 valence electrons. The van der Waals surface area contributed by atoms with Crippen LogP contribution in [0.5, 0.6) is 0 Å². The third kappa shape index (κ3) is 2.46. The largest absolute Gasteiger partial charge is 0.324 e. The summed E-state index contributed by atoms with van der Waals surface area (Å²) in [5.74, 6) is 0.234. The first-order chi connectivity index (χ1) is 9.65. The molecule has 1 aliphatic heterocycles. The third-order valence-electron chi connectivity index (χ3n) is 3.78. The zero-order valence-electron chi connectivity index (χ0n) is 11.3. The molecule has 2 aromatic rings. The summed E-state index contributed by atoms with van der Waals surface area (Å²) in [6.07, 6.45) is 0.888. The maximum atomic E-state index is 11.0. The zero-order chi connectivity index (χ0) is 14.1. The molecular formula is C15H16N2O2S. The fourth-order valence-electron chi connectivity index (χ4n) is 2.75. The van der Waals surface area contributed by atoms with Gasteiger partial charge < -0.3 is 4.90 Å². The molecule has 0 fully saturated rings. The van der Waals surface area contributed by atoms with Crippen molar-refractivity contribution in [2.75, 3.05) is 20.1 Å². The summed E-state index contributed by atoms with van der Waals surface area (Å²) in [5.41, 5.74) is 2.37. The Morgan fingerprint density at radius 2 is 2.10 bits per heavy atom. The highest BCUT2D eigenvalue weighted by Crippen LogP contribution is 2.39. The van der Waals surface area contributed by atoms with E-state index in [4.69, 9.17) is 0 Å². The fraction of sp³-hybridized carbons (Fsp3) is 0.333. The number of nitrogens with zero attached hydrogens (tertiary/aromatic N) is 2. The molecule has 0 aliphatic carbocycles. The van der Waals surface area contributed by atoms with E-state index >= 15 is 0 Å². The lowest BCUT2D eigenvalue weighted by Gasteiger charge is -2.20. The SMILES string of the molecule is CN1CCc2cc([N+](=O)[O-])sc2C(c2ccccc2)C1. The van der Waals surface area contributed by atoms with Gasteiger partial charge in [0.2, 0.25) is 0 Å². The molecule has 2 heterocycles. The van der Waals surface area contributed by atoms with Crippen molar-refractivity contribution >= 4 is 16.3 Å². The van der Waals surface area contributed by atoms with Crippen LogP contribution in [-0.2, 0) is 6.42 Å². The van der Waals surface area contributed by atoms with E-state index in [1.165, 1.54) is 16.9 Å². The highest BCUT2D eigenvalue weighted by atomic mass is 32.1. The number of hydrogen-bond donors (Lipinski definition) is 0. The monoisotopic (exact) mass is 288 g/mol. The average molecular weight is 288 g/mol. The molecule has 4 nitrogen and oxygen atoms in total. The molecule has 3 rings (SSSR count). The molecule has 1 aromatic heterocycles. The van der Waals surface area contributed by atoms with E-state index in [0.717, 1.165) is 30.0 Å². The molecular weight excluding hydrogens is 272 g/mol. The van der Waals surface area contributed by atoms with E-state index in [-0.39, 0.29) is 15.8 Å². The first-order valence-electron chi connectivity index (χ1n) is 6.65. The summed E-state index contributed by atoms with van der Waals surface area (Å²) in [4.78, 5) is 14.2. The van der Waals surface area contributed by atoms with E-state index in [1.54, 1.807) is 6.07 Å². The Hall–Kier alpha value is -1.72. The fourth-order valence-corrected chi connectivity index (χ4v) is 3.89. The van der Waals surface area contributed by atoms with Crippen LogP contribution in [0.25, 0.3) is 0 Å². The van der Waals surface area contributed by atoms with E-state index in [0.29, 0.717) is 0 Å². The first kappa shape index (κ1) is 13.3. The van der Waals surface area contributed by atoms with Crippen molar-refractivity contribution in [1.29, 1.82) is 0 Å². The van der Waals surface area contributed by atoms with Gasteiger partial charge in [0, 0.05) is 30.0 Å². The van der Waals surface area contributed by atoms with Crippen molar-refractivity contribution in [3.05, 3.63) is 62.5 Å². The molecule has 0 radical (unpaired) electrons. The van der Waals surface area contributed by atoms with Gasteiger partial charge in [0.15, 0.2) is 0 Å². The highest BCUT2D eigenvalue weighted by molar-refractivity contribution is 7.15. The summed E-state index contributed by atoms with van der Waals surface area (Å²) >= 11 is 1.34. The van der Waals surface area contributed by atoms with Gasteiger partial charge in [-0.2, -0.15) is 0 Å². The second-order valence-electron chi connectivity index (χ2n) is 5.21. The quantitative estimate of drug-likeness (QED) is 0.629. The maximum Gasteiger partial charge on any atom is 0.324 e. The van der Waals surface area contributed by atoms with Crippen LogP contribution in [0.4, 0.5) is 5.00 Å². The molecule has 5 heteroatoms. The Morgan fingerprint density at radius 1 is 1.35 bits per heavy atom. The minimum absolute atomic E-state index is 0.234. The van der Waals surface area contributed by atoms with Crippen LogP contribution in [0.3, 0.4) is 0 Å². The zero-order valence-corrected chi connectivity index (χ0v) is 12.1. The van der Waals surface area contributed by atoms with Gasteiger partial charge in [-0.1, -0.05) is 41.7 Å². The van der Waals surface area contributed by atoms with Gasteiger partial charge in [-0.15, -0.1) is 0 Å². The molecule has 1 atom stereocenters. The lowest BCUT2D eigenvalue weighted by molar-refractivity contribution is -0.380. The van der Waals surface area contributed by atoms with Gasteiger partial charge in [-0.05, 0) is 24.6 Å². The molecule has 0 spiro atoms. The van der Waals surface area contributed by atoms with Gasteiger partial charge >= 0.3 is 5.00 Å². The number of nitro groups is 1. The number of thiophene rings is 1. The Balaban J connectivity index is 2.07. The second kappa shape index (κ2) is 5.34. The molecule has 1 aliphatic rings. The minimum Gasteiger partial charge on any atom is -0.305 e. The topological polar surface area (TPSA) is 46.4 Å². The lowest BCUT2D eigenvalue weighted by Crippen LogP contribution is -2.24. The smallest absolute Gasteiger partial charge is 0.305 e. The van der Waals surface area contributed by atoms with Crippen LogP contribution in [0.2, 0.25) is 0 Å². The van der Waals surface area contributed by atoms with E-state index in [9.17, 15) is 10.1 Å². The van der Waals surface area contributed by atoms with Crippen molar-refractivity contribution in [3.63, 3.8) is 0 Å². The lowest BCUT2D eigenvalue weighted by atomic mass is 9.95. The Labute approximate surface area is 121 Å². The minimum atomic E-state index is -0.273. The molecule has 20 heavy (non-hydrogen) atoms. The third-order valence-corrected chi connectivity index (χ3v) is 5.03. The Bertz CT molecular complexity index is 624. The number of likely N-dealkylation sites (N-methyl/N-ethyl adjacent to an activating group) is 1. The number of fused-ring (bicyclic) bond motifs is 1. The van der Waals surface area contributed by atoms with Crippen molar-refractivity contribution in [2.45, 2.75) is 12.3 Å². The van der Waals surface area contributed by atoms with Crippen LogP contribution in [0, 0.1) is 10.1 Å². The van der Waals surface area contributed by atoms with Crippen LogP contribution in [0.15, 0.2) is 36.4 Å². The average Bonchev–Trinajstić information content (AvgIpc) is 2.81. The predicted octanol–water partition coefficient (Wildman–Crippen LogP) is 3.28. The number of hydrogen-bond acceptors (Lipinski definition) is 4. The van der Waals surface area contributed by atoms with Gasteiger partial charge in [0.1, 0.15) is 0 Å². The Kier molecular flexibility index (Phi) is 3.54. The van der Waals surface area contributed by atoms with Crippen LogP contribution in [0.1, 0.15) is 21.9 Å². The molecule has 1 unspecified atom stereocenters. The number of rotatable bonds is 2. The molecule has 0 bridgehead atoms. The highest BCUT2D eigenvalue weighted by Gasteiger charge is 2.28. The van der Waals surface area contributed by atoms with Crippen LogP contribution >= 0.6 is 11.3 Å². The van der Waals surface area contributed by atoms with Gasteiger partial charge in [0.25, 0.3) is 0 Å². The van der Waals surface area contributed by atoms with Gasteiger partial charge in [0.05, 0.1) is 4.92 Å². The van der Waals surface area contributed by atoms with E-state index < -0.39 is 0 Å². The maximum absolute atomic E-state index is 11.0. The molecule has 0 N–H and O–H groups in total. The molecule has 0 amide bonds. The molecule has 1 aromatic carbocycles. The van der Waals surface area contributed by atoms with Crippen molar-refractivity contribution in [1.82, 2.24) is 4.90 Å². The summed E-state index contributed by atoms with van der Waals surface area (Å²) in [5, 5.41) is 11.3. The Morgan fingerprint density at radius 3 is 2.80 bits per heavy atom.